The van der Waals surface area contributed by atoms with Crippen LogP contribution < -0.4 is 10.6 Å². The molecule has 0 bridgehead atoms. The third-order valence-corrected chi connectivity index (χ3v) is 5.22. The van der Waals surface area contributed by atoms with Crippen molar-refractivity contribution >= 4 is 23.5 Å². The van der Waals surface area contributed by atoms with Gasteiger partial charge in [-0.25, -0.2) is 14.8 Å². The van der Waals surface area contributed by atoms with Crippen LogP contribution in [-0.2, 0) is 16.5 Å². The Balaban J connectivity index is 1.30. The quantitative estimate of drug-likeness (QED) is 0.407. The van der Waals surface area contributed by atoms with Crippen LogP contribution in [0, 0.1) is 0 Å². The van der Waals surface area contributed by atoms with Crippen LogP contribution in [0.4, 0.5) is 16.6 Å². The number of nitrogens with one attached hydrogen (secondary N) is 3. The van der Waals surface area contributed by atoms with Gasteiger partial charge in [-0.15, -0.1) is 0 Å². The Morgan fingerprint density at radius 1 is 1.36 bits per heavy atom. The number of hydrogen-bond acceptors (Lipinski definition) is 8. The number of alkyl carbamates (subject to hydrolysis) is 1. The average molecular weight is 451 g/mol. The zero-order valence-electron chi connectivity index (χ0n) is 18.5. The van der Waals surface area contributed by atoms with Gasteiger partial charge in [-0.3, -0.25) is 14.2 Å². The van der Waals surface area contributed by atoms with E-state index >= 15 is 0 Å². The molecule has 3 N–H and O–H groups in total. The lowest BCUT2D eigenvalue weighted by Crippen LogP contribution is -2.33. The summed E-state index contributed by atoms with van der Waals surface area (Å²) in [5.41, 5.74) is 3.18. The number of ether oxygens (including phenoxy) is 2. The number of H-pyrrole nitrogens is 1. The van der Waals surface area contributed by atoms with E-state index in [1.807, 2.05) is 49.8 Å². The summed E-state index contributed by atoms with van der Waals surface area (Å²) in [5, 5.41) is 17.6. The molecular weight excluding hydrogens is 426 g/mol. The van der Waals surface area contributed by atoms with Gasteiger partial charge in [0.2, 0.25) is 5.95 Å². The molecule has 1 fully saturated rings. The minimum atomic E-state index is -0.435. The first-order chi connectivity index (χ1) is 15.9. The Hall–Kier alpha value is -3.93. The van der Waals surface area contributed by atoms with Crippen molar-refractivity contribution in [3.8, 4) is 11.3 Å². The summed E-state index contributed by atoms with van der Waals surface area (Å²) in [7, 11) is 1.86. The van der Waals surface area contributed by atoms with E-state index in [-0.39, 0.29) is 18.2 Å². The summed E-state index contributed by atoms with van der Waals surface area (Å²) in [6.45, 7) is 4.10. The molecule has 0 aliphatic carbocycles. The lowest BCUT2D eigenvalue weighted by molar-refractivity contribution is 0.0682. The minimum absolute atomic E-state index is 0.0177. The van der Waals surface area contributed by atoms with Gasteiger partial charge in [-0.05, 0) is 13.8 Å². The monoisotopic (exact) mass is 451 g/mol. The molecule has 33 heavy (non-hydrogen) atoms. The summed E-state index contributed by atoms with van der Waals surface area (Å²) in [4.78, 5) is 21.0. The van der Waals surface area contributed by atoms with Crippen LogP contribution in [-0.4, -0.2) is 59.2 Å². The third kappa shape index (κ3) is 4.51. The summed E-state index contributed by atoms with van der Waals surface area (Å²) in [6.07, 6.45) is 6.77. The van der Waals surface area contributed by atoms with E-state index < -0.39 is 6.09 Å². The molecule has 2 unspecified atom stereocenters. The Bertz CT molecular complexity index is 1270. The number of hydrogen-bond donors (Lipinski definition) is 3. The molecule has 4 aromatic rings. The maximum absolute atomic E-state index is 11.8. The second-order valence-corrected chi connectivity index (χ2v) is 8.24. The summed E-state index contributed by atoms with van der Waals surface area (Å²) >= 11 is 0. The van der Waals surface area contributed by atoms with E-state index in [0.29, 0.717) is 24.8 Å². The van der Waals surface area contributed by atoms with Crippen molar-refractivity contribution in [1.29, 1.82) is 0 Å². The fraction of sp³-hybridized carbons (Fsp3) is 0.381. The molecular formula is C21H25N9O3. The zero-order chi connectivity index (χ0) is 22.9. The zero-order valence-corrected chi connectivity index (χ0v) is 18.5. The van der Waals surface area contributed by atoms with Gasteiger partial charge in [0.15, 0.2) is 5.82 Å². The highest BCUT2D eigenvalue weighted by Gasteiger charge is 2.31. The van der Waals surface area contributed by atoms with Crippen molar-refractivity contribution in [2.75, 3.05) is 11.9 Å². The van der Waals surface area contributed by atoms with Gasteiger partial charge >= 0.3 is 6.09 Å². The molecule has 4 aromatic heterocycles. The Kier molecular flexibility index (Phi) is 5.42. The molecule has 1 amide bonds. The third-order valence-electron chi connectivity index (χ3n) is 5.22. The molecule has 0 radical (unpaired) electrons. The SMILES string of the molecule is CC(C)NC(=O)OC1COC(c2cc(Nc3nc(-c4cnn(C)c4)cc4nccn34)n[nH]2)C1. The van der Waals surface area contributed by atoms with Crippen LogP contribution in [0.1, 0.15) is 32.1 Å². The normalized spacial score (nSPS) is 18.2. The van der Waals surface area contributed by atoms with Gasteiger partial charge in [0.25, 0.3) is 0 Å². The fourth-order valence-corrected chi connectivity index (χ4v) is 3.71. The maximum Gasteiger partial charge on any atom is 0.407 e. The average Bonchev–Trinajstić information content (AvgIpc) is 3.54. The molecule has 12 nitrogen and oxygen atoms in total. The molecule has 1 aliphatic heterocycles. The number of rotatable bonds is 6. The van der Waals surface area contributed by atoms with Crippen molar-refractivity contribution in [2.24, 2.45) is 7.05 Å². The molecule has 5 rings (SSSR count). The molecule has 0 spiro atoms. The number of nitrogens with zero attached hydrogens (tertiary/aromatic N) is 6. The lowest BCUT2D eigenvalue weighted by Gasteiger charge is -2.13. The summed E-state index contributed by atoms with van der Waals surface area (Å²) in [6, 6.07) is 3.78. The van der Waals surface area contributed by atoms with E-state index in [2.05, 4.69) is 30.9 Å². The van der Waals surface area contributed by atoms with Crippen LogP contribution in [0.3, 0.4) is 0 Å². The van der Waals surface area contributed by atoms with Crippen LogP contribution in [0.15, 0.2) is 36.9 Å². The van der Waals surface area contributed by atoms with Crippen molar-refractivity contribution in [2.45, 2.75) is 38.5 Å². The topological polar surface area (TPSA) is 136 Å². The molecule has 1 aliphatic rings. The van der Waals surface area contributed by atoms with Gasteiger partial charge in [0, 0.05) is 55.8 Å². The Labute approximate surface area is 189 Å². The van der Waals surface area contributed by atoms with Crippen molar-refractivity contribution in [3.05, 3.63) is 42.6 Å². The summed E-state index contributed by atoms with van der Waals surface area (Å²) in [5.74, 6) is 1.15. The van der Waals surface area contributed by atoms with E-state index in [4.69, 9.17) is 14.5 Å². The number of anilines is 2. The largest absolute Gasteiger partial charge is 0.444 e. The second kappa shape index (κ2) is 8.54. The molecule has 2 atom stereocenters. The van der Waals surface area contributed by atoms with Gasteiger partial charge in [0.05, 0.1) is 24.2 Å². The standard InChI is InChI=1S/C21H25N9O3/c1-12(2)24-21(31)33-14-6-17(32-11-14)16-7-18(28-27-16)26-20-25-15(13-9-23-29(3)10-13)8-19-22-4-5-30(19)20/h4-5,7-10,12,14,17H,6,11H2,1-3H3,(H,24,31)(H2,25,26,27,28). The smallest absolute Gasteiger partial charge is 0.407 e. The van der Waals surface area contributed by atoms with Crippen LogP contribution >= 0.6 is 0 Å². The minimum Gasteiger partial charge on any atom is -0.444 e. The predicted octanol–water partition coefficient (Wildman–Crippen LogP) is 2.56. The number of imidazole rings is 1. The molecule has 1 saturated heterocycles. The highest BCUT2D eigenvalue weighted by Crippen LogP contribution is 2.31. The van der Waals surface area contributed by atoms with Crippen molar-refractivity contribution in [3.63, 3.8) is 0 Å². The molecule has 0 saturated carbocycles. The number of aryl methyl sites for hydroxylation is 1. The van der Waals surface area contributed by atoms with Crippen LogP contribution in [0.2, 0.25) is 0 Å². The first kappa shape index (κ1) is 20.9. The molecule has 172 valence electrons. The van der Waals surface area contributed by atoms with Gasteiger partial charge in [-0.2, -0.15) is 10.2 Å². The van der Waals surface area contributed by atoms with E-state index in [0.717, 1.165) is 22.6 Å². The van der Waals surface area contributed by atoms with Crippen molar-refractivity contribution < 1.29 is 14.3 Å². The second-order valence-electron chi connectivity index (χ2n) is 8.24. The number of amides is 1. The van der Waals surface area contributed by atoms with E-state index in [9.17, 15) is 4.79 Å². The molecule has 12 heteroatoms. The Morgan fingerprint density at radius 3 is 3.03 bits per heavy atom. The van der Waals surface area contributed by atoms with Gasteiger partial charge in [-0.1, -0.05) is 0 Å². The van der Waals surface area contributed by atoms with Crippen LogP contribution in [0.25, 0.3) is 16.9 Å². The van der Waals surface area contributed by atoms with E-state index in [1.165, 1.54) is 0 Å². The number of aromatic amines is 1. The van der Waals surface area contributed by atoms with E-state index in [1.54, 1.807) is 17.1 Å². The van der Waals surface area contributed by atoms with Gasteiger partial charge in [0.1, 0.15) is 17.9 Å². The van der Waals surface area contributed by atoms with Crippen molar-refractivity contribution in [1.82, 2.24) is 39.7 Å². The molecule has 0 aromatic carbocycles. The van der Waals surface area contributed by atoms with Gasteiger partial charge < -0.3 is 20.1 Å². The number of aromatic nitrogens is 7. The predicted molar refractivity (Wildman–Crippen MR) is 119 cm³/mol. The first-order valence-corrected chi connectivity index (χ1v) is 10.7. The lowest BCUT2D eigenvalue weighted by atomic mass is 10.1. The maximum atomic E-state index is 11.8. The number of carbonyl (C=O) groups is 1. The Morgan fingerprint density at radius 2 is 2.24 bits per heavy atom. The molecule has 5 heterocycles. The first-order valence-electron chi connectivity index (χ1n) is 10.7. The highest BCUT2D eigenvalue weighted by molar-refractivity contribution is 5.68. The summed E-state index contributed by atoms with van der Waals surface area (Å²) < 4.78 is 14.8. The fourth-order valence-electron chi connectivity index (χ4n) is 3.71. The highest BCUT2D eigenvalue weighted by atomic mass is 16.6. The number of carbonyl (C=O) groups excluding carboxylic acids is 1. The number of fused-ring (bicyclic) bond motifs is 1. The van der Waals surface area contributed by atoms with Crippen LogP contribution in [0.5, 0.6) is 0 Å².